The van der Waals surface area contributed by atoms with E-state index in [4.69, 9.17) is 16.6 Å². The highest BCUT2D eigenvalue weighted by molar-refractivity contribution is 6.20. The summed E-state index contributed by atoms with van der Waals surface area (Å²) < 4.78 is 4.42. The predicted molar refractivity (Wildman–Crippen MR) is 86.8 cm³/mol. The fourth-order valence-electron chi connectivity index (χ4n) is 3.77. The summed E-state index contributed by atoms with van der Waals surface area (Å²) in [5.41, 5.74) is 3.58. The van der Waals surface area contributed by atoms with Crippen LogP contribution in [0.4, 0.5) is 0 Å². The Hall–Kier alpha value is -1.03. The minimum Gasteiger partial charge on any atom is -0.307 e. The smallest absolute Gasteiger partial charge is 0.159 e. The molecular weight excluding hydrogens is 284 g/mol. The molecule has 0 bridgehead atoms. The molecule has 0 N–H and O–H groups in total. The molecular formula is C16H25ClN4. The van der Waals surface area contributed by atoms with E-state index in [1.54, 1.807) is 0 Å². The minimum atomic E-state index is -0.102. The molecule has 0 saturated heterocycles. The maximum absolute atomic E-state index is 6.43. The number of aryl methyl sites for hydroxylation is 2. The summed E-state index contributed by atoms with van der Waals surface area (Å²) in [6.45, 7) is 16.3. The van der Waals surface area contributed by atoms with E-state index in [-0.39, 0.29) is 16.2 Å². The molecule has 1 atom stereocenters. The van der Waals surface area contributed by atoms with Crippen molar-refractivity contribution >= 4 is 22.8 Å². The van der Waals surface area contributed by atoms with Crippen LogP contribution in [0.3, 0.4) is 0 Å². The molecule has 1 saturated carbocycles. The average Bonchev–Trinajstić information content (AvgIpc) is 2.75. The third-order valence-electron chi connectivity index (χ3n) is 5.63. The highest BCUT2D eigenvalue weighted by Crippen LogP contribution is 2.72. The second-order valence-corrected chi connectivity index (χ2v) is 8.03. The second kappa shape index (κ2) is 4.25. The molecule has 0 spiro atoms. The zero-order valence-electron chi connectivity index (χ0n) is 14.0. The molecule has 2 aromatic rings. The van der Waals surface area contributed by atoms with E-state index < -0.39 is 0 Å². The number of hydrogen-bond donors (Lipinski definition) is 0. The lowest BCUT2D eigenvalue weighted by Gasteiger charge is -2.14. The van der Waals surface area contributed by atoms with E-state index in [2.05, 4.69) is 49.0 Å². The topological polar surface area (TPSA) is 35.6 Å². The predicted octanol–water partition coefficient (Wildman–Crippen LogP) is 4.47. The molecule has 3 rings (SSSR count). The van der Waals surface area contributed by atoms with Gasteiger partial charge in [0.15, 0.2) is 5.65 Å². The fraction of sp³-hybridized carbons (Fsp3) is 0.750. The van der Waals surface area contributed by atoms with Gasteiger partial charge in [-0.1, -0.05) is 27.7 Å². The number of nitrogens with zero attached hydrogens (tertiary/aromatic N) is 4. The first-order valence-electron chi connectivity index (χ1n) is 7.73. The van der Waals surface area contributed by atoms with Gasteiger partial charge in [-0.05, 0) is 31.6 Å². The van der Waals surface area contributed by atoms with Crippen LogP contribution in [0.1, 0.15) is 64.5 Å². The molecule has 21 heavy (non-hydrogen) atoms. The molecule has 0 aromatic carbocycles. The Morgan fingerprint density at radius 1 is 1.24 bits per heavy atom. The summed E-state index contributed by atoms with van der Waals surface area (Å²) in [5, 5.41) is 4.52. The van der Waals surface area contributed by atoms with Gasteiger partial charge in [0, 0.05) is 12.6 Å². The van der Waals surface area contributed by atoms with Crippen LogP contribution in [-0.4, -0.2) is 19.3 Å². The molecule has 1 unspecified atom stereocenters. The highest BCUT2D eigenvalue weighted by Gasteiger charge is 2.67. The molecule has 1 aliphatic carbocycles. The zero-order chi connectivity index (χ0) is 15.7. The third kappa shape index (κ3) is 1.74. The molecule has 0 aliphatic heterocycles. The molecule has 1 aliphatic rings. The molecule has 1 fully saturated rings. The van der Waals surface area contributed by atoms with Gasteiger partial charge in [-0.25, -0.2) is 9.67 Å². The van der Waals surface area contributed by atoms with Crippen molar-refractivity contribution in [2.45, 2.75) is 66.4 Å². The fourth-order valence-corrected chi connectivity index (χ4v) is 3.92. The van der Waals surface area contributed by atoms with E-state index in [0.29, 0.717) is 6.04 Å². The lowest BCUT2D eigenvalue weighted by atomic mass is 10.0. The van der Waals surface area contributed by atoms with Crippen LogP contribution >= 0.6 is 11.6 Å². The van der Waals surface area contributed by atoms with Crippen LogP contribution in [0.2, 0.25) is 0 Å². The first kappa shape index (κ1) is 14.9. The van der Waals surface area contributed by atoms with E-state index in [9.17, 15) is 0 Å². The maximum atomic E-state index is 6.43. The minimum absolute atomic E-state index is 0.102. The lowest BCUT2D eigenvalue weighted by Crippen LogP contribution is -2.11. The number of aromatic nitrogens is 4. The van der Waals surface area contributed by atoms with Gasteiger partial charge < -0.3 is 4.57 Å². The summed E-state index contributed by atoms with van der Waals surface area (Å²) in [5.74, 6) is 0.970. The Morgan fingerprint density at radius 2 is 1.81 bits per heavy atom. The summed E-state index contributed by atoms with van der Waals surface area (Å²) in [7, 11) is 0. The summed E-state index contributed by atoms with van der Waals surface area (Å²) in [4.78, 5) is 4.82. The summed E-state index contributed by atoms with van der Waals surface area (Å²) >= 11 is 6.43. The first-order chi connectivity index (χ1) is 9.64. The average molecular weight is 309 g/mol. The van der Waals surface area contributed by atoms with Crippen molar-refractivity contribution in [2.24, 2.45) is 10.8 Å². The van der Waals surface area contributed by atoms with Crippen molar-refractivity contribution in [1.82, 2.24) is 19.3 Å². The summed E-state index contributed by atoms with van der Waals surface area (Å²) in [6.07, 6.45) is 0. The van der Waals surface area contributed by atoms with Crippen molar-refractivity contribution in [3.05, 3.63) is 11.5 Å². The molecule has 0 amide bonds. The SMILES string of the molecule is CCn1nc(C)c2nc(C(C)Cl)n(C3C(C)(C)C3(C)C)c21. The summed E-state index contributed by atoms with van der Waals surface area (Å²) in [6, 6.07) is 0.410. The molecule has 116 valence electrons. The van der Waals surface area contributed by atoms with Gasteiger partial charge in [-0.2, -0.15) is 5.10 Å². The van der Waals surface area contributed by atoms with Crippen LogP contribution in [0.15, 0.2) is 0 Å². The molecule has 2 heterocycles. The van der Waals surface area contributed by atoms with Gasteiger partial charge in [0.05, 0.1) is 11.1 Å². The number of fused-ring (bicyclic) bond motifs is 1. The quantitative estimate of drug-likeness (QED) is 0.784. The Kier molecular flexibility index (Phi) is 3.01. The van der Waals surface area contributed by atoms with E-state index in [1.807, 2.05) is 13.8 Å². The largest absolute Gasteiger partial charge is 0.307 e. The Bertz CT molecular complexity index is 691. The zero-order valence-corrected chi connectivity index (χ0v) is 14.8. The van der Waals surface area contributed by atoms with Crippen LogP contribution < -0.4 is 0 Å². The number of alkyl halides is 1. The second-order valence-electron chi connectivity index (χ2n) is 7.38. The van der Waals surface area contributed by atoms with Crippen LogP contribution in [0.5, 0.6) is 0 Å². The van der Waals surface area contributed by atoms with Gasteiger partial charge in [0.2, 0.25) is 0 Å². The number of rotatable bonds is 3. The van der Waals surface area contributed by atoms with Gasteiger partial charge in [-0.15, -0.1) is 11.6 Å². The van der Waals surface area contributed by atoms with Crippen LogP contribution in [0.25, 0.3) is 11.2 Å². The molecule has 4 nitrogen and oxygen atoms in total. The maximum Gasteiger partial charge on any atom is 0.159 e. The van der Waals surface area contributed by atoms with Gasteiger partial charge in [0.1, 0.15) is 11.3 Å². The van der Waals surface area contributed by atoms with Gasteiger partial charge in [0.25, 0.3) is 0 Å². The standard InChI is InChI=1S/C16H25ClN4/c1-8-20-13-11(10(3)19-20)18-12(9(2)17)21(13)14-15(4,5)16(14,6)7/h9,14H,8H2,1-7H3. The Balaban J connectivity index is 2.32. The van der Waals surface area contributed by atoms with E-state index in [1.165, 1.54) is 0 Å². The molecule has 0 radical (unpaired) electrons. The third-order valence-corrected chi connectivity index (χ3v) is 5.82. The van der Waals surface area contributed by atoms with E-state index >= 15 is 0 Å². The molecule has 2 aromatic heterocycles. The monoisotopic (exact) mass is 308 g/mol. The molecule has 5 heteroatoms. The Morgan fingerprint density at radius 3 is 2.24 bits per heavy atom. The number of hydrogen-bond acceptors (Lipinski definition) is 2. The van der Waals surface area contributed by atoms with Crippen molar-refractivity contribution in [1.29, 1.82) is 0 Å². The van der Waals surface area contributed by atoms with Crippen molar-refractivity contribution < 1.29 is 0 Å². The number of imidazole rings is 1. The van der Waals surface area contributed by atoms with Gasteiger partial charge >= 0.3 is 0 Å². The van der Waals surface area contributed by atoms with Crippen LogP contribution in [0, 0.1) is 17.8 Å². The highest BCUT2D eigenvalue weighted by atomic mass is 35.5. The van der Waals surface area contributed by atoms with Crippen molar-refractivity contribution in [3.8, 4) is 0 Å². The van der Waals surface area contributed by atoms with Crippen molar-refractivity contribution in [2.75, 3.05) is 0 Å². The first-order valence-corrected chi connectivity index (χ1v) is 8.17. The lowest BCUT2D eigenvalue weighted by molar-refractivity contribution is 0.457. The number of halogens is 1. The van der Waals surface area contributed by atoms with E-state index in [0.717, 1.165) is 29.2 Å². The van der Waals surface area contributed by atoms with Crippen LogP contribution in [-0.2, 0) is 6.54 Å². The van der Waals surface area contributed by atoms with Crippen molar-refractivity contribution in [3.63, 3.8) is 0 Å². The Labute approximate surface area is 131 Å². The van der Waals surface area contributed by atoms with Gasteiger partial charge in [-0.3, -0.25) is 0 Å². The normalized spacial score (nSPS) is 21.9.